The van der Waals surface area contributed by atoms with Gasteiger partial charge in [-0.25, -0.2) is 4.98 Å². The van der Waals surface area contributed by atoms with Gasteiger partial charge in [-0.15, -0.1) is 5.10 Å². The van der Waals surface area contributed by atoms with Crippen LogP contribution in [0.15, 0.2) is 29.1 Å². The smallest absolute Gasteiger partial charge is 0.295 e. The van der Waals surface area contributed by atoms with Gasteiger partial charge in [0.05, 0.1) is 25.5 Å². The van der Waals surface area contributed by atoms with E-state index in [1.807, 2.05) is 13.0 Å². The van der Waals surface area contributed by atoms with Gasteiger partial charge >= 0.3 is 0 Å². The molecule has 1 saturated heterocycles. The average molecular weight is 520 g/mol. The van der Waals surface area contributed by atoms with E-state index in [-0.39, 0.29) is 5.91 Å². The Balaban J connectivity index is 1.48. The third kappa shape index (κ3) is 5.40. The summed E-state index contributed by atoms with van der Waals surface area (Å²) in [6, 6.07) is 3.64. The van der Waals surface area contributed by atoms with E-state index in [1.54, 1.807) is 19.4 Å². The van der Waals surface area contributed by atoms with Gasteiger partial charge < -0.3 is 14.2 Å². The third-order valence-corrected chi connectivity index (χ3v) is 6.22. The topological polar surface area (TPSA) is 108 Å². The summed E-state index contributed by atoms with van der Waals surface area (Å²) in [5, 5.41) is 11.6. The van der Waals surface area contributed by atoms with E-state index in [9.17, 15) is 4.79 Å². The van der Waals surface area contributed by atoms with Gasteiger partial charge in [0, 0.05) is 36.2 Å². The zero-order chi connectivity index (χ0) is 22.5. The standard InChI is InChI=1S/C21H22BrN5O4S/c1-12-7-14(15-8-18(22)24-10-17(15)29-2)16(9-23-12)19(28)25-20-26-27-21(32-20)31-6-4-13-3-5-30-11-13/h7-10,13H,3-6,11H2,1-2H3,(H,25,26,28). The van der Waals surface area contributed by atoms with Gasteiger partial charge in [0.15, 0.2) is 0 Å². The second kappa shape index (κ2) is 10.3. The molecule has 1 aliphatic heterocycles. The molecule has 1 N–H and O–H groups in total. The summed E-state index contributed by atoms with van der Waals surface area (Å²) in [4.78, 5) is 21.6. The molecule has 0 bridgehead atoms. The van der Waals surface area contributed by atoms with Gasteiger partial charge in [0.2, 0.25) is 5.13 Å². The fourth-order valence-electron chi connectivity index (χ4n) is 3.36. The lowest BCUT2D eigenvalue weighted by Crippen LogP contribution is -2.14. The molecule has 4 rings (SSSR count). The van der Waals surface area contributed by atoms with Crippen molar-refractivity contribution in [1.82, 2.24) is 20.2 Å². The molecule has 168 valence electrons. The number of nitrogens with one attached hydrogen (secondary N) is 1. The molecule has 1 fully saturated rings. The molecule has 11 heteroatoms. The number of halogens is 1. The molecule has 1 unspecified atom stereocenters. The molecule has 0 spiro atoms. The first-order chi connectivity index (χ1) is 15.5. The van der Waals surface area contributed by atoms with E-state index in [1.165, 1.54) is 17.5 Å². The predicted molar refractivity (Wildman–Crippen MR) is 123 cm³/mol. The lowest BCUT2D eigenvalue weighted by Gasteiger charge is -2.13. The molecule has 1 atom stereocenters. The maximum atomic E-state index is 13.1. The number of hydrogen-bond donors (Lipinski definition) is 1. The van der Waals surface area contributed by atoms with Gasteiger partial charge in [-0.2, -0.15) is 0 Å². The van der Waals surface area contributed by atoms with Crippen LogP contribution in [0.25, 0.3) is 11.1 Å². The molecule has 32 heavy (non-hydrogen) atoms. The molecule has 0 saturated carbocycles. The number of methoxy groups -OCH3 is 1. The molecule has 1 amide bonds. The van der Waals surface area contributed by atoms with Crippen LogP contribution in [0.2, 0.25) is 0 Å². The number of carbonyl (C=O) groups is 1. The van der Waals surface area contributed by atoms with Crippen molar-refractivity contribution in [3.8, 4) is 22.1 Å². The Hall–Kier alpha value is -2.63. The predicted octanol–water partition coefficient (Wildman–Crippen LogP) is 4.13. The lowest BCUT2D eigenvalue weighted by atomic mass is 10.0. The summed E-state index contributed by atoms with van der Waals surface area (Å²) in [5.41, 5.74) is 2.55. The van der Waals surface area contributed by atoms with Gasteiger partial charge in [-0.05, 0) is 65.1 Å². The maximum Gasteiger partial charge on any atom is 0.295 e. The summed E-state index contributed by atoms with van der Waals surface area (Å²) in [7, 11) is 1.56. The zero-order valence-electron chi connectivity index (χ0n) is 17.6. The van der Waals surface area contributed by atoms with Crippen molar-refractivity contribution in [1.29, 1.82) is 0 Å². The number of ether oxygens (including phenoxy) is 3. The van der Waals surface area contributed by atoms with Crippen LogP contribution in [0, 0.1) is 12.8 Å². The van der Waals surface area contributed by atoms with Crippen molar-refractivity contribution in [3.63, 3.8) is 0 Å². The van der Waals surface area contributed by atoms with Crippen molar-refractivity contribution in [2.45, 2.75) is 19.8 Å². The van der Waals surface area contributed by atoms with Gasteiger partial charge in [0.25, 0.3) is 11.1 Å². The zero-order valence-corrected chi connectivity index (χ0v) is 20.0. The van der Waals surface area contributed by atoms with Crippen LogP contribution in [0.4, 0.5) is 5.13 Å². The lowest BCUT2D eigenvalue weighted by molar-refractivity contribution is 0.102. The molecule has 4 heterocycles. The molecule has 0 aliphatic carbocycles. The first-order valence-electron chi connectivity index (χ1n) is 10.1. The third-order valence-electron chi connectivity index (χ3n) is 5.03. The number of aryl methyl sites for hydroxylation is 1. The highest BCUT2D eigenvalue weighted by molar-refractivity contribution is 9.10. The SMILES string of the molecule is COc1cnc(Br)cc1-c1cc(C)ncc1C(=O)Nc1nnc(OCCC2CCOC2)s1. The highest BCUT2D eigenvalue weighted by atomic mass is 79.9. The van der Waals surface area contributed by atoms with Crippen LogP contribution < -0.4 is 14.8 Å². The van der Waals surface area contributed by atoms with E-state index in [2.05, 4.69) is 41.4 Å². The van der Waals surface area contributed by atoms with Crippen LogP contribution in [-0.4, -0.2) is 53.0 Å². The minimum atomic E-state index is -0.353. The highest BCUT2D eigenvalue weighted by Crippen LogP contribution is 2.34. The Labute approximate surface area is 197 Å². The molecule has 3 aromatic heterocycles. The Bertz CT molecular complexity index is 1100. The quantitative estimate of drug-likeness (QED) is 0.442. The second-order valence-electron chi connectivity index (χ2n) is 7.27. The van der Waals surface area contributed by atoms with Crippen LogP contribution in [0.5, 0.6) is 10.9 Å². The fraction of sp³-hybridized carbons (Fsp3) is 0.381. The van der Waals surface area contributed by atoms with Crippen molar-refractivity contribution >= 4 is 38.3 Å². The molecule has 0 radical (unpaired) electrons. The number of nitrogens with zero attached hydrogens (tertiary/aromatic N) is 4. The molecular weight excluding hydrogens is 498 g/mol. The molecule has 9 nitrogen and oxygen atoms in total. The van der Waals surface area contributed by atoms with Gasteiger partial charge in [-0.3, -0.25) is 15.1 Å². The Morgan fingerprint density at radius 2 is 2.16 bits per heavy atom. The Kier molecular flexibility index (Phi) is 7.28. The number of pyridine rings is 2. The maximum absolute atomic E-state index is 13.1. The highest BCUT2D eigenvalue weighted by Gasteiger charge is 2.20. The fourth-order valence-corrected chi connectivity index (χ4v) is 4.31. The minimum absolute atomic E-state index is 0.351. The number of hydrogen-bond acceptors (Lipinski definition) is 9. The molecule has 0 aromatic carbocycles. The summed E-state index contributed by atoms with van der Waals surface area (Å²) < 4.78 is 17.1. The Morgan fingerprint density at radius 1 is 1.28 bits per heavy atom. The van der Waals surface area contributed by atoms with E-state index in [4.69, 9.17) is 14.2 Å². The van der Waals surface area contributed by atoms with E-state index in [0.29, 0.717) is 44.3 Å². The number of carbonyl (C=O) groups excluding carboxylic acids is 1. The van der Waals surface area contributed by atoms with Crippen LogP contribution in [-0.2, 0) is 4.74 Å². The van der Waals surface area contributed by atoms with Crippen LogP contribution in [0.3, 0.4) is 0 Å². The molecular formula is C21H22BrN5O4S. The normalized spacial score (nSPS) is 15.5. The van der Waals surface area contributed by atoms with Gasteiger partial charge in [0.1, 0.15) is 10.4 Å². The van der Waals surface area contributed by atoms with Crippen molar-refractivity contribution in [2.75, 3.05) is 32.2 Å². The molecule has 1 aliphatic rings. The number of amides is 1. The van der Waals surface area contributed by atoms with E-state index < -0.39 is 0 Å². The number of aromatic nitrogens is 4. The summed E-state index contributed by atoms with van der Waals surface area (Å²) >= 11 is 4.56. The largest absolute Gasteiger partial charge is 0.494 e. The summed E-state index contributed by atoms with van der Waals surface area (Å²) in [5.74, 6) is 0.722. The minimum Gasteiger partial charge on any atom is -0.494 e. The van der Waals surface area contributed by atoms with Crippen molar-refractivity contribution in [2.24, 2.45) is 5.92 Å². The number of rotatable bonds is 8. The average Bonchev–Trinajstić information content (AvgIpc) is 3.46. The monoisotopic (exact) mass is 519 g/mol. The second-order valence-corrected chi connectivity index (χ2v) is 9.03. The van der Waals surface area contributed by atoms with E-state index >= 15 is 0 Å². The first kappa shape index (κ1) is 22.6. The van der Waals surface area contributed by atoms with Crippen molar-refractivity contribution < 1.29 is 19.0 Å². The summed E-state index contributed by atoms with van der Waals surface area (Å²) in [6.07, 6.45) is 5.11. The van der Waals surface area contributed by atoms with Gasteiger partial charge in [-0.1, -0.05) is 5.10 Å². The van der Waals surface area contributed by atoms with E-state index in [0.717, 1.165) is 37.3 Å². The van der Waals surface area contributed by atoms with Crippen LogP contribution in [0.1, 0.15) is 28.9 Å². The van der Waals surface area contributed by atoms with Crippen molar-refractivity contribution in [3.05, 3.63) is 40.4 Å². The van der Waals surface area contributed by atoms with Crippen LogP contribution >= 0.6 is 27.3 Å². The number of anilines is 1. The molecule has 3 aromatic rings. The Morgan fingerprint density at radius 3 is 2.94 bits per heavy atom. The summed E-state index contributed by atoms with van der Waals surface area (Å²) in [6.45, 7) is 4.00. The first-order valence-corrected chi connectivity index (χ1v) is 11.7.